The maximum Gasteiger partial charge on any atom is 0.227 e. The summed E-state index contributed by atoms with van der Waals surface area (Å²) < 4.78 is 5.87. The largest absolute Gasteiger partial charge is 0.489 e. The summed E-state index contributed by atoms with van der Waals surface area (Å²) in [4.78, 5) is 16.9. The third kappa shape index (κ3) is 5.72. The van der Waals surface area contributed by atoms with Gasteiger partial charge in [-0.25, -0.2) is 0 Å². The van der Waals surface area contributed by atoms with Crippen molar-refractivity contribution in [2.45, 2.75) is 13.0 Å². The van der Waals surface area contributed by atoms with Crippen LogP contribution in [-0.4, -0.2) is 37.0 Å². The van der Waals surface area contributed by atoms with E-state index >= 15 is 0 Å². The van der Waals surface area contributed by atoms with Gasteiger partial charge in [-0.1, -0.05) is 59.6 Å². The van der Waals surface area contributed by atoms with Crippen molar-refractivity contribution in [2.24, 2.45) is 0 Å². The van der Waals surface area contributed by atoms with Crippen LogP contribution in [0.3, 0.4) is 0 Å². The first-order chi connectivity index (χ1) is 15.1. The molecule has 0 radical (unpaired) electrons. The van der Waals surface area contributed by atoms with Crippen LogP contribution in [0.1, 0.15) is 11.1 Å². The molecule has 0 unspecified atom stereocenters. The summed E-state index contributed by atoms with van der Waals surface area (Å²) in [5, 5.41) is 0.982. The van der Waals surface area contributed by atoms with E-state index in [1.54, 1.807) is 12.1 Å². The number of nitrogens with zero attached hydrogens (tertiary/aromatic N) is 2. The first-order valence-electron chi connectivity index (χ1n) is 10.3. The minimum atomic E-state index is 0.114. The zero-order valence-corrected chi connectivity index (χ0v) is 18.6. The summed E-state index contributed by atoms with van der Waals surface area (Å²) in [5.74, 6) is 0.964. The van der Waals surface area contributed by atoms with Gasteiger partial charge in [-0.15, -0.1) is 0 Å². The van der Waals surface area contributed by atoms with Gasteiger partial charge in [-0.05, 0) is 47.5 Å². The third-order valence-electron chi connectivity index (χ3n) is 5.42. The molecule has 0 N–H and O–H groups in total. The molecule has 6 heteroatoms. The third-order valence-corrected chi connectivity index (χ3v) is 6.16. The standard InChI is InChI=1S/C25H24Cl2N2O2/c26-23-11-6-20(16-24(23)27)17-25(30)29-14-12-28(13-15-29)21-7-9-22(10-8-21)31-18-19-4-2-1-3-5-19/h1-11,16H,12-15,17-18H2. The van der Waals surface area contributed by atoms with Crippen LogP contribution in [0.15, 0.2) is 72.8 Å². The van der Waals surface area contributed by atoms with Gasteiger partial charge in [-0.3, -0.25) is 4.79 Å². The minimum absolute atomic E-state index is 0.114. The fourth-order valence-corrected chi connectivity index (χ4v) is 3.96. The molecule has 1 amide bonds. The maximum atomic E-state index is 12.7. The first-order valence-corrected chi connectivity index (χ1v) is 11.1. The molecule has 0 atom stereocenters. The molecular formula is C25H24Cl2N2O2. The van der Waals surface area contributed by atoms with E-state index in [9.17, 15) is 4.79 Å². The van der Waals surface area contributed by atoms with Crippen LogP contribution in [0.2, 0.25) is 10.0 Å². The summed E-state index contributed by atoms with van der Waals surface area (Å²) in [6.45, 7) is 3.56. The van der Waals surface area contributed by atoms with Crippen molar-refractivity contribution in [3.63, 3.8) is 0 Å². The van der Waals surface area contributed by atoms with Crippen molar-refractivity contribution in [3.05, 3.63) is 94.0 Å². The molecule has 1 aliphatic rings. The summed E-state index contributed by atoms with van der Waals surface area (Å²) in [6.07, 6.45) is 0.338. The van der Waals surface area contributed by atoms with Crippen LogP contribution in [0.5, 0.6) is 5.75 Å². The van der Waals surface area contributed by atoms with E-state index < -0.39 is 0 Å². The van der Waals surface area contributed by atoms with Crippen LogP contribution in [0.25, 0.3) is 0 Å². The number of hydrogen-bond acceptors (Lipinski definition) is 3. The van der Waals surface area contributed by atoms with Crippen molar-refractivity contribution in [2.75, 3.05) is 31.1 Å². The lowest BCUT2D eigenvalue weighted by Crippen LogP contribution is -2.49. The monoisotopic (exact) mass is 454 g/mol. The Morgan fingerprint density at radius 3 is 2.19 bits per heavy atom. The van der Waals surface area contributed by atoms with E-state index in [1.165, 1.54) is 0 Å². The highest BCUT2D eigenvalue weighted by atomic mass is 35.5. The molecule has 0 aromatic heterocycles. The van der Waals surface area contributed by atoms with Crippen molar-refractivity contribution in [1.82, 2.24) is 4.90 Å². The Morgan fingerprint density at radius 1 is 0.806 bits per heavy atom. The average molecular weight is 455 g/mol. The van der Waals surface area contributed by atoms with Gasteiger partial charge in [-0.2, -0.15) is 0 Å². The molecule has 3 aromatic rings. The molecule has 1 fully saturated rings. The SMILES string of the molecule is O=C(Cc1ccc(Cl)c(Cl)c1)N1CCN(c2ccc(OCc3ccccc3)cc2)CC1. The molecule has 0 saturated carbocycles. The van der Waals surface area contributed by atoms with Gasteiger partial charge in [0.15, 0.2) is 0 Å². The molecular weight excluding hydrogens is 431 g/mol. The maximum absolute atomic E-state index is 12.7. The van der Waals surface area contributed by atoms with Crippen LogP contribution in [0, 0.1) is 0 Å². The summed E-state index contributed by atoms with van der Waals surface area (Å²) >= 11 is 12.0. The van der Waals surface area contributed by atoms with Gasteiger partial charge in [0.25, 0.3) is 0 Å². The predicted octanol–water partition coefficient (Wildman–Crippen LogP) is 5.46. The number of piperazine rings is 1. The summed E-state index contributed by atoms with van der Waals surface area (Å²) in [5.41, 5.74) is 3.17. The zero-order valence-electron chi connectivity index (χ0n) is 17.1. The highest BCUT2D eigenvalue weighted by molar-refractivity contribution is 6.42. The normalized spacial score (nSPS) is 13.9. The minimum Gasteiger partial charge on any atom is -0.489 e. The quantitative estimate of drug-likeness (QED) is 0.495. The molecule has 160 valence electrons. The Morgan fingerprint density at radius 2 is 1.52 bits per heavy atom. The van der Waals surface area contributed by atoms with Crippen molar-refractivity contribution < 1.29 is 9.53 Å². The lowest BCUT2D eigenvalue weighted by molar-refractivity contribution is -0.130. The number of anilines is 1. The number of halogens is 2. The highest BCUT2D eigenvalue weighted by Crippen LogP contribution is 2.24. The molecule has 1 aliphatic heterocycles. The Labute approximate surface area is 192 Å². The van der Waals surface area contributed by atoms with Crippen LogP contribution in [0.4, 0.5) is 5.69 Å². The number of rotatable bonds is 6. The molecule has 1 saturated heterocycles. The Bertz CT molecular complexity index is 1020. The summed E-state index contributed by atoms with van der Waals surface area (Å²) in [7, 11) is 0. The summed E-state index contributed by atoms with van der Waals surface area (Å²) in [6, 6.07) is 23.6. The Hall–Kier alpha value is -2.69. The van der Waals surface area contributed by atoms with Gasteiger partial charge in [0.2, 0.25) is 5.91 Å². The number of ether oxygens (including phenoxy) is 1. The van der Waals surface area contributed by atoms with Gasteiger partial charge in [0.05, 0.1) is 16.5 Å². The van der Waals surface area contributed by atoms with Crippen molar-refractivity contribution in [3.8, 4) is 5.75 Å². The van der Waals surface area contributed by atoms with Gasteiger partial charge in [0, 0.05) is 31.9 Å². The van der Waals surface area contributed by atoms with Crippen LogP contribution in [-0.2, 0) is 17.8 Å². The number of hydrogen-bond donors (Lipinski definition) is 0. The number of amides is 1. The second-order valence-corrected chi connectivity index (χ2v) is 8.38. The molecule has 0 aliphatic carbocycles. The molecule has 4 rings (SSSR count). The Kier molecular flexibility index (Phi) is 7.00. The lowest BCUT2D eigenvalue weighted by Gasteiger charge is -2.36. The fraction of sp³-hybridized carbons (Fsp3) is 0.240. The molecule has 31 heavy (non-hydrogen) atoms. The van der Waals surface area contributed by atoms with E-state index in [2.05, 4.69) is 29.2 Å². The van der Waals surface area contributed by atoms with Crippen molar-refractivity contribution in [1.29, 1.82) is 0 Å². The van der Waals surface area contributed by atoms with Gasteiger partial charge < -0.3 is 14.5 Å². The fourth-order valence-electron chi connectivity index (χ4n) is 3.64. The Balaban J connectivity index is 1.27. The molecule has 0 bridgehead atoms. The van der Waals surface area contributed by atoms with E-state index in [0.29, 0.717) is 36.2 Å². The van der Waals surface area contributed by atoms with E-state index in [4.69, 9.17) is 27.9 Å². The second-order valence-electron chi connectivity index (χ2n) is 7.56. The average Bonchev–Trinajstić information content (AvgIpc) is 2.81. The predicted molar refractivity (Wildman–Crippen MR) is 126 cm³/mol. The van der Waals surface area contributed by atoms with E-state index in [-0.39, 0.29) is 5.91 Å². The molecule has 3 aromatic carbocycles. The topological polar surface area (TPSA) is 32.8 Å². The van der Waals surface area contributed by atoms with Gasteiger partial charge in [0.1, 0.15) is 12.4 Å². The first kappa shape index (κ1) is 21.5. The highest BCUT2D eigenvalue weighted by Gasteiger charge is 2.21. The van der Waals surface area contributed by atoms with E-state index in [0.717, 1.165) is 35.7 Å². The van der Waals surface area contributed by atoms with Crippen LogP contribution < -0.4 is 9.64 Å². The lowest BCUT2D eigenvalue weighted by atomic mass is 10.1. The molecule has 0 spiro atoms. The van der Waals surface area contributed by atoms with E-state index in [1.807, 2.05) is 41.3 Å². The number of benzene rings is 3. The number of carbonyl (C=O) groups excluding carboxylic acids is 1. The smallest absolute Gasteiger partial charge is 0.227 e. The van der Waals surface area contributed by atoms with Crippen LogP contribution >= 0.6 is 23.2 Å². The molecule has 4 nitrogen and oxygen atoms in total. The van der Waals surface area contributed by atoms with Gasteiger partial charge >= 0.3 is 0 Å². The second kappa shape index (κ2) is 10.1. The zero-order chi connectivity index (χ0) is 21.6. The van der Waals surface area contributed by atoms with Crippen molar-refractivity contribution >= 4 is 34.8 Å². The number of carbonyl (C=O) groups is 1. The molecule has 1 heterocycles.